The fourth-order valence-electron chi connectivity index (χ4n) is 1.59. The minimum Gasteiger partial charge on any atom is -0.340 e. The Bertz CT molecular complexity index is 639. The van der Waals surface area contributed by atoms with E-state index in [1.807, 2.05) is 0 Å². The van der Waals surface area contributed by atoms with Crippen molar-refractivity contribution in [3.05, 3.63) is 52.2 Å². The lowest BCUT2D eigenvalue weighted by Gasteiger charge is -2.14. The summed E-state index contributed by atoms with van der Waals surface area (Å²) in [5, 5.41) is 6.31. The minimum atomic E-state index is -0.932. The number of rotatable bonds is 4. The van der Waals surface area contributed by atoms with Gasteiger partial charge < -0.3 is 10.6 Å². The third-order valence-electron chi connectivity index (χ3n) is 2.70. The molecule has 1 aromatic heterocycles. The fraction of sp³-hybridized carbons (Fsp3) is 0.143. The molecule has 2 rings (SSSR count). The Morgan fingerprint density at radius 2 is 1.81 bits per heavy atom. The Morgan fingerprint density at radius 3 is 2.38 bits per heavy atom. The lowest BCUT2D eigenvalue weighted by atomic mass is 10.2. The highest BCUT2D eigenvalue weighted by Crippen LogP contribution is 2.18. The molecule has 1 aromatic carbocycles. The zero-order chi connectivity index (χ0) is 15.4. The van der Waals surface area contributed by atoms with Crippen LogP contribution in [0.5, 0.6) is 0 Å². The van der Waals surface area contributed by atoms with E-state index in [1.165, 1.54) is 24.3 Å². The van der Waals surface area contributed by atoms with Crippen molar-refractivity contribution in [3.8, 4) is 0 Å². The minimum absolute atomic E-state index is 0.415. The average molecular weight is 310 g/mol. The first-order chi connectivity index (χ1) is 9.99. The van der Waals surface area contributed by atoms with Gasteiger partial charge in [-0.1, -0.05) is 12.1 Å². The maximum Gasteiger partial charge on any atom is 0.261 e. The van der Waals surface area contributed by atoms with Crippen LogP contribution in [-0.4, -0.2) is 17.9 Å². The van der Waals surface area contributed by atoms with Crippen molar-refractivity contribution in [2.75, 3.05) is 5.32 Å². The molecule has 0 saturated heterocycles. The van der Waals surface area contributed by atoms with Crippen LogP contribution in [0, 0.1) is 11.6 Å². The van der Waals surface area contributed by atoms with Crippen molar-refractivity contribution in [2.24, 2.45) is 0 Å². The summed E-state index contributed by atoms with van der Waals surface area (Å²) in [4.78, 5) is 24.1. The van der Waals surface area contributed by atoms with Crippen molar-refractivity contribution in [1.82, 2.24) is 5.32 Å². The van der Waals surface area contributed by atoms with Gasteiger partial charge >= 0.3 is 0 Å². The molecule has 1 heterocycles. The molecule has 0 fully saturated rings. The third kappa shape index (κ3) is 3.63. The molecule has 0 aliphatic heterocycles. The van der Waals surface area contributed by atoms with Gasteiger partial charge in [0.05, 0.1) is 4.88 Å². The summed E-state index contributed by atoms with van der Waals surface area (Å²) < 4.78 is 26.8. The van der Waals surface area contributed by atoms with Gasteiger partial charge in [0.1, 0.15) is 23.4 Å². The number of anilines is 1. The lowest BCUT2D eigenvalue weighted by molar-refractivity contribution is -0.117. The Kier molecular flexibility index (Phi) is 4.64. The first kappa shape index (κ1) is 15.1. The third-order valence-corrected chi connectivity index (χ3v) is 3.57. The molecule has 1 unspecified atom stereocenters. The quantitative estimate of drug-likeness (QED) is 0.912. The van der Waals surface area contributed by atoms with Crippen LogP contribution in [0.15, 0.2) is 35.7 Å². The van der Waals surface area contributed by atoms with E-state index in [0.717, 1.165) is 12.1 Å². The number of benzene rings is 1. The van der Waals surface area contributed by atoms with Crippen molar-refractivity contribution in [3.63, 3.8) is 0 Å². The van der Waals surface area contributed by atoms with Crippen molar-refractivity contribution < 1.29 is 18.4 Å². The molecule has 0 spiro atoms. The smallest absolute Gasteiger partial charge is 0.261 e. The average Bonchev–Trinajstić information content (AvgIpc) is 2.97. The standard InChI is InChI=1S/C14H12F2N2O2S/c1-8(17-14(20)11-6-3-7-21-11)13(19)18-12-9(15)4-2-5-10(12)16/h2-8H,1H3,(H,17,20)(H,18,19). The van der Waals surface area contributed by atoms with E-state index in [9.17, 15) is 18.4 Å². The molecule has 110 valence electrons. The molecule has 0 aliphatic carbocycles. The zero-order valence-corrected chi connectivity index (χ0v) is 11.8. The highest BCUT2D eigenvalue weighted by atomic mass is 32.1. The number of amides is 2. The Morgan fingerprint density at radius 1 is 1.14 bits per heavy atom. The van der Waals surface area contributed by atoms with Gasteiger partial charge in [-0.15, -0.1) is 11.3 Å². The molecule has 0 aliphatic rings. The number of carbonyl (C=O) groups excluding carboxylic acids is 2. The Hall–Kier alpha value is -2.28. The number of carbonyl (C=O) groups is 2. The van der Waals surface area contributed by atoms with Gasteiger partial charge in [-0.3, -0.25) is 9.59 Å². The number of halogens is 2. The fourth-order valence-corrected chi connectivity index (χ4v) is 2.22. The molecule has 1 atom stereocenters. The number of thiophene rings is 1. The summed E-state index contributed by atoms with van der Waals surface area (Å²) >= 11 is 1.23. The van der Waals surface area contributed by atoms with Crippen molar-refractivity contribution in [1.29, 1.82) is 0 Å². The van der Waals surface area contributed by atoms with Gasteiger partial charge in [-0.05, 0) is 30.5 Å². The molecule has 0 saturated carbocycles. The van der Waals surface area contributed by atoms with Crippen LogP contribution in [0.4, 0.5) is 14.5 Å². The first-order valence-electron chi connectivity index (χ1n) is 6.08. The summed E-state index contributed by atoms with van der Waals surface area (Å²) in [6, 6.07) is 5.66. The molecule has 4 nitrogen and oxygen atoms in total. The topological polar surface area (TPSA) is 58.2 Å². The predicted molar refractivity (Wildman–Crippen MR) is 76.2 cm³/mol. The van der Waals surface area contributed by atoms with E-state index in [4.69, 9.17) is 0 Å². The van der Waals surface area contributed by atoms with Crippen LogP contribution in [0.25, 0.3) is 0 Å². The second-order valence-corrected chi connectivity index (χ2v) is 5.21. The predicted octanol–water partition coefficient (Wildman–Crippen LogP) is 2.78. The van der Waals surface area contributed by atoms with Crippen LogP contribution < -0.4 is 10.6 Å². The van der Waals surface area contributed by atoms with Crippen molar-refractivity contribution >= 4 is 28.8 Å². The van der Waals surface area contributed by atoms with Crippen LogP contribution in [0.2, 0.25) is 0 Å². The summed E-state index contributed by atoms with van der Waals surface area (Å²) in [5.41, 5.74) is -0.528. The number of hydrogen-bond donors (Lipinski definition) is 2. The van der Waals surface area contributed by atoms with Gasteiger partial charge in [0, 0.05) is 0 Å². The molecule has 2 amide bonds. The van der Waals surface area contributed by atoms with E-state index in [2.05, 4.69) is 10.6 Å². The van der Waals surface area contributed by atoms with E-state index in [0.29, 0.717) is 4.88 Å². The van der Waals surface area contributed by atoms with Crippen LogP contribution in [0.1, 0.15) is 16.6 Å². The summed E-state index contributed by atoms with van der Waals surface area (Å²) in [7, 11) is 0. The molecule has 0 radical (unpaired) electrons. The summed E-state index contributed by atoms with van der Waals surface area (Å²) in [6.07, 6.45) is 0. The Labute approximate surface area is 123 Å². The molecular weight excluding hydrogens is 298 g/mol. The van der Waals surface area contributed by atoms with Crippen LogP contribution in [0.3, 0.4) is 0 Å². The van der Waals surface area contributed by atoms with Crippen molar-refractivity contribution in [2.45, 2.75) is 13.0 Å². The molecule has 2 aromatic rings. The summed E-state index contributed by atoms with van der Waals surface area (Å²) in [6.45, 7) is 1.43. The molecule has 0 bridgehead atoms. The maximum atomic E-state index is 13.4. The van der Waals surface area contributed by atoms with E-state index in [-0.39, 0.29) is 0 Å². The normalized spacial score (nSPS) is 11.8. The molecule has 2 N–H and O–H groups in total. The second kappa shape index (κ2) is 6.45. The second-order valence-electron chi connectivity index (χ2n) is 4.26. The van der Waals surface area contributed by atoms with E-state index in [1.54, 1.807) is 17.5 Å². The number of nitrogens with one attached hydrogen (secondary N) is 2. The Balaban J connectivity index is 2.01. The largest absolute Gasteiger partial charge is 0.340 e. The molecule has 21 heavy (non-hydrogen) atoms. The van der Waals surface area contributed by atoms with E-state index < -0.39 is 35.2 Å². The lowest BCUT2D eigenvalue weighted by Crippen LogP contribution is -2.41. The van der Waals surface area contributed by atoms with Gasteiger partial charge in [0.25, 0.3) is 5.91 Å². The highest BCUT2D eigenvalue weighted by molar-refractivity contribution is 7.12. The van der Waals surface area contributed by atoms with Gasteiger partial charge in [0.2, 0.25) is 5.91 Å². The summed E-state index contributed by atoms with van der Waals surface area (Å²) in [5.74, 6) is -2.87. The van der Waals surface area contributed by atoms with Gasteiger partial charge in [0.15, 0.2) is 0 Å². The number of hydrogen-bond acceptors (Lipinski definition) is 3. The number of para-hydroxylation sites is 1. The van der Waals surface area contributed by atoms with Crippen LogP contribution >= 0.6 is 11.3 Å². The highest BCUT2D eigenvalue weighted by Gasteiger charge is 2.19. The molecular formula is C14H12F2N2O2S. The zero-order valence-electron chi connectivity index (χ0n) is 11.0. The monoisotopic (exact) mass is 310 g/mol. The van der Waals surface area contributed by atoms with Gasteiger partial charge in [-0.25, -0.2) is 8.78 Å². The van der Waals surface area contributed by atoms with Gasteiger partial charge in [-0.2, -0.15) is 0 Å². The molecule has 7 heteroatoms. The maximum absolute atomic E-state index is 13.4. The first-order valence-corrected chi connectivity index (χ1v) is 6.96. The van der Waals surface area contributed by atoms with E-state index >= 15 is 0 Å². The SMILES string of the molecule is CC(NC(=O)c1cccs1)C(=O)Nc1c(F)cccc1F. The van der Waals surface area contributed by atoms with Crippen LogP contribution in [-0.2, 0) is 4.79 Å².